The molecule has 0 aliphatic heterocycles. The molecule has 0 bridgehead atoms. The average molecular weight is 289 g/mol. The molecule has 0 fully saturated rings. The maximum Gasteiger partial charge on any atom is 0.239 e. The smallest absolute Gasteiger partial charge is 0.239 e. The van der Waals surface area contributed by atoms with Gasteiger partial charge < -0.3 is 10.6 Å². The molecule has 0 unspecified atom stereocenters. The predicted octanol–water partition coefficient (Wildman–Crippen LogP) is 1.79. The Bertz CT molecular complexity index is 429. The van der Waals surface area contributed by atoms with Crippen molar-refractivity contribution in [3.63, 3.8) is 0 Å². The molecule has 4 nitrogen and oxygen atoms in total. The molecule has 0 aromatic heterocycles. The second-order valence-corrected chi connectivity index (χ2v) is 4.42. The van der Waals surface area contributed by atoms with Crippen molar-refractivity contribution in [2.45, 2.75) is 13.3 Å². The topological polar surface area (TPSA) is 58.2 Å². The molecule has 0 spiro atoms. The van der Waals surface area contributed by atoms with E-state index in [9.17, 15) is 9.59 Å². The third kappa shape index (κ3) is 4.55. The molecule has 1 aromatic rings. The van der Waals surface area contributed by atoms with Crippen LogP contribution in [0.15, 0.2) is 18.2 Å². The third-order valence-electron chi connectivity index (χ3n) is 2.22. The van der Waals surface area contributed by atoms with Crippen molar-refractivity contribution in [1.29, 1.82) is 0 Å². The summed E-state index contributed by atoms with van der Waals surface area (Å²) < 4.78 is 0. The highest BCUT2D eigenvalue weighted by Crippen LogP contribution is 2.24. The minimum absolute atomic E-state index is 0.0469. The highest BCUT2D eigenvalue weighted by Gasteiger charge is 2.11. The van der Waals surface area contributed by atoms with Gasteiger partial charge in [0.2, 0.25) is 11.8 Å². The number of carbonyl (C=O) groups excluding carboxylic acids is 2. The quantitative estimate of drug-likeness (QED) is 0.868. The lowest BCUT2D eigenvalue weighted by Gasteiger charge is -2.08. The van der Waals surface area contributed by atoms with Crippen LogP contribution in [0.4, 0.5) is 0 Å². The number of halogens is 2. The monoisotopic (exact) mass is 288 g/mol. The molecule has 0 radical (unpaired) electrons. The van der Waals surface area contributed by atoms with Crippen LogP contribution in [0.1, 0.15) is 12.5 Å². The molecule has 18 heavy (non-hydrogen) atoms. The van der Waals surface area contributed by atoms with Gasteiger partial charge >= 0.3 is 0 Å². The van der Waals surface area contributed by atoms with Gasteiger partial charge in [-0.3, -0.25) is 9.59 Å². The zero-order valence-corrected chi connectivity index (χ0v) is 11.4. The van der Waals surface area contributed by atoms with Crippen LogP contribution in [0.2, 0.25) is 10.0 Å². The molecule has 0 aliphatic rings. The zero-order valence-electron chi connectivity index (χ0n) is 9.93. The number of amides is 2. The Balaban J connectivity index is 2.52. The van der Waals surface area contributed by atoms with Crippen molar-refractivity contribution in [2.75, 3.05) is 13.1 Å². The molecule has 0 atom stereocenters. The molecule has 0 saturated heterocycles. The highest BCUT2D eigenvalue weighted by molar-refractivity contribution is 6.36. The Morgan fingerprint density at radius 3 is 2.28 bits per heavy atom. The molecule has 2 N–H and O–H groups in total. The first-order valence-corrected chi connectivity index (χ1v) is 6.26. The summed E-state index contributed by atoms with van der Waals surface area (Å²) in [6.07, 6.45) is 0.0535. The van der Waals surface area contributed by atoms with Gasteiger partial charge in [0.1, 0.15) is 0 Å². The van der Waals surface area contributed by atoms with Gasteiger partial charge in [-0.1, -0.05) is 29.3 Å². The first-order chi connectivity index (χ1) is 8.54. The van der Waals surface area contributed by atoms with Gasteiger partial charge in [-0.05, 0) is 24.6 Å². The van der Waals surface area contributed by atoms with Crippen LogP contribution in [0.5, 0.6) is 0 Å². The Hall–Kier alpha value is -1.26. The van der Waals surface area contributed by atoms with E-state index in [4.69, 9.17) is 23.2 Å². The number of benzene rings is 1. The van der Waals surface area contributed by atoms with E-state index >= 15 is 0 Å². The lowest BCUT2D eigenvalue weighted by molar-refractivity contribution is -0.125. The van der Waals surface area contributed by atoms with Crippen molar-refractivity contribution in [3.8, 4) is 0 Å². The average Bonchev–Trinajstić information content (AvgIpc) is 2.32. The van der Waals surface area contributed by atoms with Crippen LogP contribution < -0.4 is 10.6 Å². The van der Waals surface area contributed by atoms with Gasteiger partial charge in [0, 0.05) is 16.6 Å². The van der Waals surface area contributed by atoms with E-state index in [2.05, 4.69) is 10.6 Å². The van der Waals surface area contributed by atoms with E-state index in [1.165, 1.54) is 0 Å². The molecule has 98 valence electrons. The summed E-state index contributed by atoms with van der Waals surface area (Å²) in [4.78, 5) is 22.8. The second-order valence-electron chi connectivity index (χ2n) is 3.61. The van der Waals surface area contributed by atoms with Gasteiger partial charge in [-0.15, -0.1) is 0 Å². The summed E-state index contributed by atoms with van der Waals surface area (Å²) in [5.74, 6) is -0.521. The Labute approximate surface area is 116 Å². The van der Waals surface area contributed by atoms with Crippen LogP contribution in [0, 0.1) is 0 Å². The Kier molecular flexibility index (Phi) is 5.95. The third-order valence-corrected chi connectivity index (χ3v) is 2.93. The first-order valence-electron chi connectivity index (χ1n) is 5.51. The van der Waals surface area contributed by atoms with Crippen LogP contribution in [0.25, 0.3) is 0 Å². The molecule has 0 aliphatic carbocycles. The first kappa shape index (κ1) is 14.8. The number of rotatable bonds is 5. The number of carbonyl (C=O) groups is 2. The van der Waals surface area contributed by atoms with Gasteiger partial charge in [0.25, 0.3) is 0 Å². The lowest BCUT2D eigenvalue weighted by Crippen LogP contribution is -2.37. The summed E-state index contributed by atoms with van der Waals surface area (Å²) in [7, 11) is 0. The number of hydrogen-bond acceptors (Lipinski definition) is 2. The van der Waals surface area contributed by atoms with Crippen LogP contribution in [0.3, 0.4) is 0 Å². The Morgan fingerprint density at radius 2 is 1.72 bits per heavy atom. The maximum atomic E-state index is 11.6. The van der Waals surface area contributed by atoms with Crippen molar-refractivity contribution in [3.05, 3.63) is 33.8 Å². The van der Waals surface area contributed by atoms with Crippen molar-refractivity contribution in [1.82, 2.24) is 10.6 Å². The molecule has 0 heterocycles. The zero-order chi connectivity index (χ0) is 13.5. The van der Waals surface area contributed by atoms with Gasteiger partial charge in [0.05, 0.1) is 13.0 Å². The standard InChI is InChI=1S/C12H14Cl2N2O2/c1-2-15-12(18)7-16-11(17)6-8-9(13)4-3-5-10(8)14/h3-5H,2,6-7H2,1H3,(H,15,18)(H,16,17). The summed E-state index contributed by atoms with van der Waals surface area (Å²) in [5, 5.41) is 5.96. The van der Waals surface area contributed by atoms with Gasteiger partial charge in [-0.2, -0.15) is 0 Å². The van der Waals surface area contributed by atoms with Crippen LogP contribution in [-0.2, 0) is 16.0 Å². The van der Waals surface area contributed by atoms with E-state index in [-0.39, 0.29) is 24.8 Å². The van der Waals surface area contributed by atoms with E-state index in [1.807, 2.05) is 6.92 Å². The minimum Gasteiger partial charge on any atom is -0.355 e. The fourth-order valence-corrected chi connectivity index (χ4v) is 1.89. The number of nitrogens with one attached hydrogen (secondary N) is 2. The van der Waals surface area contributed by atoms with Gasteiger partial charge in [0.15, 0.2) is 0 Å². The largest absolute Gasteiger partial charge is 0.355 e. The number of hydrogen-bond donors (Lipinski definition) is 2. The molecular weight excluding hydrogens is 275 g/mol. The number of likely N-dealkylation sites (N-methyl/N-ethyl adjacent to an activating group) is 1. The molecule has 2 amide bonds. The van der Waals surface area contributed by atoms with E-state index in [0.29, 0.717) is 22.2 Å². The van der Waals surface area contributed by atoms with Gasteiger partial charge in [-0.25, -0.2) is 0 Å². The predicted molar refractivity (Wildman–Crippen MR) is 71.9 cm³/mol. The van der Waals surface area contributed by atoms with E-state index < -0.39 is 0 Å². The summed E-state index contributed by atoms with van der Waals surface area (Å²) in [5.41, 5.74) is 0.564. The van der Waals surface area contributed by atoms with Crippen molar-refractivity contribution in [2.24, 2.45) is 0 Å². The van der Waals surface area contributed by atoms with E-state index in [0.717, 1.165) is 0 Å². The van der Waals surface area contributed by atoms with Crippen molar-refractivity contribution >= 4 is 35.0 Å². The molecule has 0 saturated carbocycles. The van der Waals surface area contributed by atoms with Crippen LogP contribution in [-0.4, -0.2) is 24.9 Å². The molecule has 1 rings (SSSR count). The molecular formula is C12H14Cl2N2O2. The molecule has 6 heteroatoms. The highest BCUT2D eigenvalue weighted by atomic mass is 35.5. The van der Waals surface area contributed by atoms with E-state index in [1.54, 1.807) is 18.2 Å². The second kappa shape index (κ2) is 7.24. The summed E-state index contributed by atoms with van der Waals surface area (Å²) in [6.45, 7) is 2.29. The fourth-order valence-electron chi connectivity index (χ4n) is 1.36. The maximum absolute atomic E-state index is 11.6. The molecule has 1 aromatic carbocycles. The van der Waals surface area contributed by atoms with Crippen molar-refractivity contribution < 1.29 is 9.59 Å². The minimum atomic E-state index is -0.295. The SMILES string of the molecule is CCNC(=O)CNC(=O)Cc1c(Cl)cccc1Cl. The lowest BCUT2D eigenvalue weighted by atomic mass is 10.1. The fraction of sp³-hybridized carbons (Fsp3) is 0.333. The summed E-state index contributed by atoms with van der Waals surface area (Å²) in [6, 6.07) is 5.04. The summed E-state index contributed by atoms with van der Waals surface area (Å²) >= 11 is 11.9. The van der Waals surface area contributed by atoms with Crippen LogP contribution >= 0.6 is 23.2 Å². The normalized spacial score (nSPS) is 9.94. The Morgan fingerprint density at radius 1 is 1.11 bits per heavy atom.